The molecule has 0 saturated carbocycles. The number of alkyl halides is 2. The number of hydrogen-bond donors (Lipinski definition) is 0. The molecule has 1 rings (SSSR count). The average Bonchev–Trinajstić information content (AvgIpc) is 2.05. The lowest BCUT2D eigenvalue weighted by molar-refractivity contribution is -0.0504. The number of hydrogen-bond acceptors (Lipinski definition) is 1. The lowest BCUT2D eigenvalue weighted by Gasteiger charge is -2.16. The van der Waals surface area contributed by atoms with Crippen molar-refractivity contribution in [3.05, 3.63) is 29.8 Å². The standard InChI is InChI=1S/C8H7BF5O/c10-8(11)15-7-4-2-1-3-6(7)5-9(12,13)14/h1-4,8H,5H2/q-1. The fraction of sp³-hybridized carbons (Fsp3) is 0.250. The topological polar surface area (TPSA) is 9.23 Å². The smallest absolute Gasteiger partial charge is 0.449 e. The van der Waals surface area contributed by atoms with Gasteiger partial charge in [0.05, 0.1) is 0 Å². The molecule has 0 amide bonds. The minimum absolute atomic E-state index is 0.273. The summed E-state index contributed by atoms with van der Waals surface area (Å²) in [6.45, 7) is -8.17. The molecule has 15 heavy (non-hydrogen) atoms. The van der Waals surface area contributed by atoms with Gasteiger partial charge in [-0.1, -0.05) is 24.5 Å². The van der Waals surface area contributed by atoms with Crippen LogP contribution in [0.25, 0.3) is 0 Å². The first-order valence-corrected chi connectivity index (χ1v) is 4.12. The lowest BCUT2D eigenvalue weighted by atomic mass is 9.81. The van der Waals surface area contributed by atoms with Crippen molar-refractivity contribution < 1.29 is 26.5 Å². The van der Waals surface area contributed by atoms with Crippen LogP contribution in [0.4, 0.5) is 21.7 Å². The summed E-state index contributed by atoms with van der Waals surface area (Å²) in [6.07, 6.45) is -1.22. The third kappa shape index (κ3) is 4.18. The van der Waals surface area contributed by atoms with Crippen molar-refractivity contribution in [2.45, 2.75) is 12.9 Å². The summed E-state index contributed by atoms with van der Waals surface area (Å²) in [6, 6.07) is 4.89. The molecule has 0 aliphatic heterocycles. The largest absolute Gasteiger partial charge is 0.482 e. The van der Waals surface area contributed by atoms with Gasteiger partial charge in [0, 0.05) is 0 Å². The lowest BCUT2D eigenvalue weighted by Crippen LogP contribution is -2.20. The van der Waals surface area contributed by atoms with Gasteiger partial charge in [0.1, 0.15) is 5.75 Å². The number of halogens is 5. The molecule has 0 fully saturated rings. The Labute approximate surface area is 82.9 Å². The molecule has 1 nitrogen and oxygen atoms in total. The molecule has 84 valence electrons. The van der Waals surface area contributed by atoms with E-state index in [4.69, 9.17) is 0 Å². The Morgan fingerprint density at radius 3 is 2.27 bits per heavy atom. The van der Waals surface area contributed by atoms with Crippen LogP contribution in [0.5, 0.6) is 5.75 Å². The van der Waals surface area contributed by atoms with E-state index in [2.05, 4.69) is 4.74 Å². The minimum atomic E-state index is -5.06. The van der Waals surface area contributed by atoms with Crippen molar-refractivity contribution in [1.82, 2.24) is 0 Å². The molecule has 0 radical (unpaired) electrons. The van der Waals surface area contributed by atoms with E-state index in [1.165, 1.54) is 12.1 Å². The first-order chi connectivity index (χ1) is 6.88. The number of rotatable bonds is 4. The van der Waals surface area contributed by atoms with E-state index in [9.17, 15) is 21.7 Å². The maximum Gasteiger partial charge on any atom is 0.482 e. The van der Waals surface area contributed by atoms with Crippen LogP contribution in [0.2, 0.25) is 0 Å². The van der Waals surface area contributed by atoms with Crippen molar-refractivity contribution in [3.63, 3.8) is 0 Å². The maximum atomic E-state index is 12.1. The van der Waals surface area contributed by atoms with Crippen LogP contribution >= 0.6 is 0 Å². The van der Waals surface area contributed by atoms with Crippen molar-refractivity contribution in [2.24, 2.45) is 0 Å². The summed E-state index contributed by atoms with van der Waals surface area (Å²) in [5.74, 6) is -0.424. The summed E-state index contributed by atoms with van der Waals surface area (Å²) in [5.41, 5.74) is -0.273. The molecule has 1 aromatic carbocycles. The molecular formula is C8H7BF5O-. The molecule has 0 unspecified atom stereocenters. The highest BCUT2D eigenvalue weighted by molar-refractivity contribution is 6.57. The predicted molar refractivity (Wildman–Crippen MR) is 45.9 cm³/mol. The third-order valence-corrected chi connectivity index (χ3v) is 1.64. The molecule has 0 aromatic heterocycles. The second kappa shape index (κ2) is 4.50. The van der Waals surface area contributed by atoms with E-state index in [1.54, 1.807) is 0 Å². The van der Waals surface area contributed by atoms with E-state index < -0.39 is 25.7 Å². The highest BCUT2D eigenvalue weighted by atomic mass is 19.4. The zero-order chi connectivity index (χ0) is 11.5. The van der Waals surface area contributed by atoms with Crippen LogP contribution in [-0.4, -0.2) is 13.6 Å². The SMILES string of the molecule is FC(F)Oc1ccccc1C[B-](F)(F)F. The van der Waals surface area contributed by atoms with Crippen LogP contribution in [0.3, 0.4) is 0 Å². The molecular weight excluding hydrogens is 218 g/mol. The fourth-order valence-electron chi connectivity index (χ4n) is 1.13. The normalized spacial score (nSPS) is 11.9. The van der Waals surface area contributed by atoms with Crippen molar-refractivity contribution in [1.29, 1.82) is 0 Å². The van der Waals surface area contributed by atoms with Crippen molar-refractivity contribution >= 4 is 6.98 Å². The molecule has 0 aliphatic carbocycles. The predicted octanol–water partition coefficient (Wildman–Crippen LogP) is 3.22. The molecule has 0 aliphatic rings. The van der Waals surface area contributed by atoms with Crippen LogP contribution in [0.15, 0.2) is 24.3 Å². The van der Waals surface area contributed by atoms with E-state index in [0.717, 1.165) is 12.1 Å². The van der Waals surface area contributed by atoms with Gasteiger partial charge >= 0.3 is 13.6 Å². The highest BCUT2D eigenvalue weighted by Crippen LogP contribution is 2.25. The fourth-order valence-corrected chi connectivity index (χ4v) is 1.13. The summed E-state index contributed by atoms with van der Waals surface area (Å²) < 4.78 is 63.9. The Balaban J connectivity index is 2.86. The zero-order valence-electron chi connectivity index (χ0n) is 7.47. The van der Waals surface area contributed by atoms with Crippen LogP contribution in [0.1, 0.15) is 5.56 Å². The first kappa shape index (κ1) is 11.8. The summed E-state index contributed by atoms with van der Waals surface area (Å²) >= 11 is 0. The van der Waals surface area contributed by atoms with Gasteiger partial charge in [-0.15, -0.1) is 0 Å². The van der Waals surface area contributed by atoms with E-state index in [-0.39, 0.29) is 5.56 Å². The van der Waals surface area contributed by atoms with Gasteiger partial charge in [0.2, 0.25) is 0 Å². The summed E-state index contributed by atoms with van der Waals surface area (Å²) in [7, 11) is 0. The van der Waals surface area contributed by atoms with Gasteiger partial charge < -0.3 is 17.7 Å². The van der Waals surface area contributed by atoms with Gasteiger partial charge in [-0.05, 0) is 11.6 Å². The zero-order valence-corrected chi connectivity index (χ0v) is 7.47. The molecule has 0 N–H and O–H groups in total. The van der Waals surface area contributed by atoms with E-state index in [0.29, 0.717) is 0 Å². The van der Waals surface area contributed by atoms with Crippen LogP contribution < -0.4 is 4.74 Å². The van der Waals surface area contributed by atoms with E-state index >= 15 is 0 Å². The summed E-state index contributed by atoms with van der Waals surface area (Å²) in [5, 5.41) is 0. The van der Waals surface area contributed by atoms with Gasteiger partial charge in [-0.2, -0.15) is 8.78 Å². The van der Waals surface area contributed by atoms with E-state index in [1.807, 2.05) is 0 Å². The molecule has 0 saturated heterocycles. The Kier molecular flexibility index (Phi) is 3.54. The third-order valence-electron chi connectivity index (χ3n) is 1.64. The Morgan fingerprint density at radius 2 is 1.73 bits per heavy atom. The van der Waals surface area contributed by atoms with Gasteiger partial charge in [0.25, 0.3) is 0 Å². The molecule has 0 atom stereocenters. The monoisotopic (exact) mass is 225 g/mol. The van der Waals surface area contributed by atoms with Crippen LogP contribution in [-0.2, 0) is 6.32 Å². The quantitative estimate of drug-likeness (QED) is 0.564. The Hall–Kier alpha value is -1.27. The van der Waals surface area contributed by atoms with Crippen LogP contribution in [0, 0.1) is 0 Å². The van der Waals surface area contributed by atoms with Gasteiger partial charge in [-0.3, -0.25) is 0 Å². The molecule has 0 heterocycles. The molecule has 1 aromatic rings. The first-order valence-electron chi connectivity index (χ1n) is 4.12. The molecule has 7 heteroatoms. The number of ether oxygens (including phenoxy) is 1. The van der Waals surface area contributed by atoms with Gasteiger partial charge in [-0.25, -0.2) is 0 Å². The molecule has 0 bridgehead atoms. The summed E-state index contributed by atoms with van der Waals surface area (Å²) in [4.78, 5) is 0. The highest BCUT2D eigenvalue weighted by Gasteiger charge is 2.25. The van der Waals surface area contributed by atoms with Gasteiger partial charge in [0.15, 0.2) is 0 Å². The van der Waals surface area contributed by atoms with Crippen molar-refractivity contribution in [2.75, 3.05) is 0 Å². The second-order valence-electron chi connectivity index (χ2n) is 2.90. The molecule has 0 spiro atoms. The average molecular weight is 225 g/mol. The number of para-hydroxylation sites is 1. The number of benzene rings is 1. The van der Waals surface area contributed by atoms with Crippen molar-refractivity contribution in [3.8, 4) is 5.75 Å². The maximum absolute atomic E-state index is 12.1. The Bertz CT molecular complexity index is 325. The Morgan fingerprint density at radius 1 is 1.13 bits per heavy atom. The minimum Gasteiger partial charge on any atom is -0.449 e. The second-order valence-corrected chi connectivity index (χ2v) is 2.90.